The van der Waals surface area contributed by atoms with Crippen LogP contribution in [-0.4, -0.2) is 56.7 Å². The van der Waals surface area contributed by atoms with E-state index >= 15 is 0 Å². The van der Waals surface area contributed by atoms with Gasteiger partial charge in [0, 0.05) is 51.4 Å². The molecule has 1 saturated carbocycles. The third kappa shape index (κ3) is 3.60. The molecule has 1 aliphatic carbocycles. The van der Waals surface area contributed by atoms with Crippen molar-refractivity contribution in [2.75, 3.05) is 26.2 Å². The summed E-state index contributed by atoms with van der Waals surface area (Å²) in [6.07, 6.45) is 2.33. The quantitative estimate of drug-likeness (QED) is 0.670. The van der Waals surface area contributed by atoms with Gasteiger partial charge in [0.1, 0.15) is 0 Å². The SMILES string of the molecule is Cc1cccc(CN2CCN(C(=O)c3cc(C4CC4)nc4c3c(C)nn4C)CC2)c1. The van der Waals surface area contributed by atoms with E-state index < -0.39 is 0 Å². The second kappa shape index (κ2) is 7.51. The highest BCUT2D eigenvalue weighted by atomic mass is 16.2. The van der Waals surface area contributed by atoms with Crippen LogP contribution in [0.5, 0.6) is 0 Å². The lowest BCUT2D eigenvalue weighted by Gasteiger charge is -2.35. The lowest BCUT2D eigenvalue weighted by Crippen LogP contribution is -2.48. The number of fused-ring (bicyclic) bond motifs is 1. The molecule has 1 aromatic carbocycles. The first-order valence-electron chi connectivity index (χ1n) is 10.9. The Hall–Kier alpha value is -2.73. The Labute approximate surface area is 177 Å². The van der Waals surface area contributed by atoms with Gasteiger partial charge in [-0.2, -0.15) is 5.10 Å². The molecule has 2 aliphatic rings. The van der Waals surface area contributed by atoms with Gasteiger partial charge < -0.3 is 4.90 Å². The van der Waals surface area contributed by atoms with Crippen LogP contribution in [0.2, 0.25) is 0 Å². The molecule has 0 radical (unpaired) electrons. The molecule has 1 aliphatic heterocycles. The van der Waals surface area contributed by atoms with Crippen molar-refractivity contribution in [1.29, 1.82) is 0 Å². The third-order valence-corrected chi connectivity index (χ3v) is 6.36. The molecule has 2 fully saturated rings. The maximum Gasteiger partial charge on any atom is 0.254 e. The van der Waals surface area contributed by atoms with E-state index in [2.05, 4.69) is 41.2 Å². The Morgan fingerprint density at radius 1 is 1.10 bits per heavy atom. The minimum Gasteiger partial charge on any atom is -0.336 e. The van der Waals surface area contributed by atoms with Crippen LogP contribution in [0.15, 0.2) is 30.3 Å². The second-order valence-corrected chi connectivity index (χ2v) is 8.83. The average Bonchev–Trinajstić information content (AvgIpc) is 3.54. The van der Waals surface area contributed by atoms with Crippen molar-refractivity contribution in [3.8, 4) is 0 Å². The monoisotopic (exact) mass is 403 g/mol. The summed E-state index contributed by atoms with van der Waals surface area (Å²) in [5.74, 6) is 0.623. The van der Waals surface area contributed by atoms with Crippen LogP contribution >= 0.6 is 0 Å². The lowest BCUT2D eigenvalue weighted by atomic mass is 10.1. The van der Waals surface area contributed by atoms with Gasteiger partial charge >= 0.3 is 0 Å². The lowest BCUT2D eigenvalue weighted by molar-refractivity contribution is 0.0630. The molecular formula is C24H29N5O. The zero-order valence-electron chi connectivity index (χ0n) is 18.1. The van der Waals surface area contributed by atoms with E-state index in [4.69, 9.17) is 4.98 Å². The number of hydrogen-bond donors (Lipinski definition) is 0. The molecule has 30 heavy (non-hydrogen) atoms. The zero-order chi connectivity index (χ0) is 20.8. The molecule has 0 unspecified atom stereocenters. The summed E-state index contributed by atoms with van der Waals surface area (Å²) >= 11 is 0. The largest absolute Gasteiger partial charge is 0.336 e. The van der Waals surface area contributed by atoms with Crippen LogP contribution in [-0.2, 0) is 13.6 Å². The van der Waals surface area contributed by atoms with E-state index in [0.29, 0.717) is 5.92 Å². The molecule has 0 atom stereocenters. The van der Waals surface area contributed by atoms with Crippen molar-refractivity contribution < 1.29 is 4.79 Å². The van der Waals surface area contributed by atoms with Gasteiger partial charge in [-0.05, 0) is 38.3 Å². The molecule has 0 spiro atoms. The molecular weight excluding hydrogens is 374 g/mol. The van der Waals surface area contributed by atoms with E-state index in [1.165, 1.54) is 24.0 Å². The number of benzene rings is 1. The van der Waals surface area contributed by atoms with E-state index in [0.717, 1.165) is 60.7 Å². The fourth-order valence-electron chi connectivity index (χ4n) is 4.57. The molecule has 1 saturated heterocycles. The van der Waals surface area contributed by atoms with Gasteiger partial charge in [0.25, 0.3) is 5.91 Å². The molecule has 6 nitrogen and oxygen atoms in total. The standard InChI is InChI=1S/C24H29N5O/c1-16-5-4-6-18(13-16)15-28-9-11-29(12-10-28)24(30)20-14-21(19-7-8-19)25-23-22(20)17(2)26-27(23)3/h4-6,13-14,19H,7-12,15H2,1-3H3. The average molecular weight is 404 g/mol. The van der Waals surface area contributed by atoms with Crippen LogP contribution in [0.4, 0.5) is 0 Å². The molecule has 3 aromatic rings. The first-order chi connectivity index (χ1) is 14.5. The van der Waals surface area contributed by atoms with Gasteiger partial charge in [-0.15, -0.1) is 0 Å². The second-order valence-electron chi connectivity index (χ2n) is 8.83. The zero-order valence-corrected chi connectivity index (χ0v) is 18.1. The van der Waals surface area contributed by atoms with Crippen LogP contribution in [0, 0.1) is 13.8 Å². The number of aromatic nitrogens is 3. The molecule has 5 rings (SSSR count). The minimum atomic E-state index is 0.121. The highest BCUT2D eigenvalue weighted by Crippen LogP contribution is 2.40. The van der Waals surface area contributed by atoms with Crippen LogP contribution < -0.4 is 0 Å². The Morgan fingerprint density at radius 3 is 2.57 bits per heavy atom. The topological polar surface area (TPSA) is 54.3 Å². The fourth-order valence-corrected chi connectivity index (χ4v) is 4.57. The van der Waals surface area contributed by atoms with Crippen molar-refractivity contribution in [3.05, 3.63) is 58.4 Å². The van der Waals surface area contributed by atoms with Crippen molar-refractivity contribution in [1.82, 2.24) is 24.6 Å². The Balaban J connectivity index is 1.35. The normalized spacial score (nSPS) is 17.6. The number of piperazine rings is 1. The predicted molar refractivity (Wildman–Crippen MR) is 118 cm³/mol. The van der Waals surface area contributed by atoms with Crippen molar-refractivity contribution in [3.63, 3.8) is 0 Å². The van der Waals surface area contributed by atoms with Crippen LogP contribution in [0.25, 0.3) is 11.0 Å². The predicted octanol–water partition coefficient (Wildman–Crippen LogP) is 3.42. The maximum absolute atomic E-state index is 13.5. The number of carbonyl (C=O) groups excluding carboxylic acids is 1. The summed E-state index contributed by atoms with van der Waals surface area (Å²) in [5.41, 5.74) is 6.17. The number of rotatable bonds is 4. The molecule has 156 valence electrons. The number of pyridine rings is 1. The first-order valence-corrected chi connectivity index (χ1v) is 10.9. The van der Waals surface area contributed by atoms with E-state index in [-0.39, 0.29) is 5.91 Å². The van der Waals surface area contributed by atoms with Gasteiger partial charge in [-0.3, -0.25) is 14.4 Å². The van der Waals surface area contributed by atoms with E-state index in [9.17, 15) is 4.79 Å². The molecule has 2 aromatic heterocycles. The van der Waals surface area contributed by atoms with Gasteiger partial charge in [0.15, 0.2) is 5.65 Å². The summed E-state index contributed by atoms with van der Waals surface area (Å²) in [6.45, 7) is 8.35. The summed E-state index contributed by atoms with van der Waals surface area (Å²) in [5, 5.41) is 5.45. The van der Waals surface area contributed by atoms with Gasteiger partial charge in [-0.25, -0.2) is 4.98 Å². The number of carbonyl (C=O) groups is 1. The number of nitrogens with zero attached hydrogens (tertiary/aromatic N) is 5. The molecule has 0 N–H and O–H groups in total. The minimum absolute atomic E-state index is 0.121. The Morgan fingerprint density at radius 2 is 1.87 bits per heavy atom. The van der Waals surface area contributed by atoms with E-state index in [1.54, 1.807) is 0 Å². The van der Waals surface area contributed by atoms with Gasteiger partial charge in [-0.1, -0.05) is 29.8 Å². The molecule has 1 amide bonds. The highest BCUT2D eigenvalue weighted by Gasteiger charge is 2.30. The number of hydrogen-bond acceptors (Lipinski definition) is 4. The Bertz CT molecular complexity index is 1110. The fraction of sp³-hybridized carbons (Fsp3) is 0.458. The van der Waals surface area contributed by atoms with Crippen molar-refractivity contribution >= 4 is 16.9 Å². The smallest absolute Gasteiger partial charge is 0.254 e. The molecule has 3 heterocycles. The summed E-state index contributed by atoms with van der Waals surface area (Å²) in [6, 6.07) is 10.7. The molecule has 6 heteroatoms. The van der Waals surface area contributed by atoms with Crippen LogP contribution in [0.3, 0.4) is 0 Å². The summed E-state index contributed by atoms with van der Waals surface area (Å²) in [4.78, 5) is 22.8. The van der Waals surface area contributed by atoms with Crippen LogP contribution in [0.1, 0.15) is 51.6 Å². The van der Waals surface area contributed by atoms with Gasteiger partial charge in [0.05, 0.1) is 16.6 Å². The van der Waals surface area contributed by atoms with Gasteiger partial charge in [0.2, 0.25) is 0 Å². The Kier molecular flexibility index (Phi) is 4.82. The number of amides is 1. The third-order valence-electron chi connectivity index (χ3n) is 6.36. The summed E-state index contributed by atoms with van der Waals surface area (Å²) < 4.78 is 1.81. The van der Waals surface area contributed by atoms with Crippen molar-refractivity contribution in [2.24, 2.45) is 7.05 Å². The van der Waals surface area contributed by atoms with E-state index in [1.807, 2.05) is 29.6 Å². The highest BCUT2D eigenvalue weighted by molar-refractivity contribution is 6.06. The molecule has 0 bridgehead atoms. The van der Waals surface area contributed by atoms with Crippen molar-refractivity contribution in [2.45, 2.75) is 39.2 Å². The summed E-state index contributed by atoms with van der Waals surface area (Å²) in [7, 11) is 1.91. The first kappa shape index (κ1) is 19.2. The number of aryl methyl sites for hydroxylation is 3. The maximum atomic E-state index is 13.5.